The van der Waals surface area contributed by atoms with E-state index in [1.54, 1.807) is 0 Å². The van der Waals surface area contributed by atoms with Crippen molar-refractivity contribution in [2.75, 3.05) is 0 Å². The van der Waals surface area contributed by atoms with E-state index in [1.807, 2.05) is 0 Å². The van der Waals surface area contributed by atoms with Gasteiger partial charge in [0.25, 0.3) is 0 Å². The Morgan fingerprint density at radius 2 is 2.31 bits per heavy atom. The summed E-state index contributed by atoms with van der Waals surface area (Å²) in [5.74, 6) is -0.939. The molecular weight excluding hydrogens is 166 g/mol. The Kier molecular flexibility index (Phi) is 3.30. The lowest BCUT2D eigenvalue weighted by molar-refractivity contribution is -0.144. The van der Waals surface area contributed by atoms with Crippen molar-refractivity contribution in [3.05, 3.63) is 0 Å². The molecule has 1 aliphatic rings. The molecule has 0 saturated heterocycles. The fraction of sp³-hybridized carbons (Fsp3) is 0.800. The van der Waals surface area contributed by atoms with E-state index in [-0.39, 0.29) is 5.92 Å². The number of carboxylic acid groups (broad SMARTS) is 1. The van der Waals surface area contributed by atoms with Crippen molar-refractivity contribution < 1.29 is 9.90 Å². The maximum Gasteiger partial charge on any atom is 0.307 e. The highest BCUT2D eigenvalue weighted by Gasteiger charge is 2.34. The minimum atomic E-state index is -0.805. The lowest BCUT2D eigenvalue weighted by Gasteiger charge is -2.29. The molecule has 3 atom stereocenters. The number of hydrogen-bond acceptors (Lipinski definition) is 2. The lowest BCUT2D eigenvalue weighted by Crippen LogP contribution is -2.29. The van der Waals surface area contributed by atoms with Crippen LogP contribution in [0.5, 0.6) is 0 Å². The number of hydrogen-bond donors (Lipinski definition) is 1. The summed E-state index contributed by atoms with van der Waals surface area (Å²) in [7, 11) is 0. The molecule has 3 heteroatoms. The molecule has 0 aromatic carbocycles. The van der Waals surface area contributed by atoms with Gasteiger partial charge in [-0.2, -0.15) is 5.26 Å². The van der Waals surface area contributed by atoms with Crippen LogP contribution in [0.3, 0.4) is 0 Å². The molecule has 0 aromatic heterocycles. The SMILES string of the molecule is CCC1CCC(C(=O)O)C(C#N)C1. The van der Waals surface area contributed by atoms with Crippen LogP contribution in [0.1, 0.15) is 32.6 Å². The van der Waals surface area contributed by atoms with Crippen LogP contribution < -0.4 is 0 Å². The van der Waals surface area contributed by atoms with Gasteiger partial charge >= 0.3 is 5.97 Å². The highest BCUT2D eigenvalue weighted by Crippen LogP contribution is 2.35. The van der Waals surface area contributed by atoms with Gasteiger partial charge in [-0.3, -0.25) is 4.79 Å². The van der Waals surface area contributed by atoms with E-state index in [4.69, 9.17) is 10.4 Å². The van der Waals surface area contributed by atoms with Gasteiger partial charge in [0.1, 0.15) is 0 Å². The predicted molar refractivity (Wildman–Crippen MR) is 47.9 cm³/mol. The summed E-state index contributed by atoms with van der Waals surface area (Å²) >= 11 is 0. The fourth-order valence-corrected chi connectivity index (χ4v) is 2.07. The summed E-state index contributed by atoms with van der Waals surface area (Å²) in [6.45, 7) is 2.10. The zero-order valence-corrected chi connectivity index (χ0v) is 7.86. The largest absolute Gasteiger partial charge is 0.481 e. The maximum atomic E-state index is 10.8. The third kappa shape index (κ3) is 2.21. The van der Waals surface area contributed by atoms with E-state index in [9.17, 15) is 4.79 Å². The highest BCUT2D eigenvalue weighted by atomic mass is 16.4. The minimum Gasteiger partial charge on any atom is -0.481 e. The Labute approximate surface area is 78.4 Å². The standard InChI is InChI=1S/C10H15NO2/c1-2-7-3-4-9(10(12)13)8(5-7)6-11/h7-9H,2-5H2,1H3,(H,12,13). The number of aliphatic carboxylic acids is 1. The summed E-state index contributed by atoms with van der Waals surface area (Å²) in [5, 5.41) is 17.7. The van der Waals surface area contributed by atoms with Crippen molar-refractivity contribution >= 4 is 5.97 Å². The zero-order chi connectivity index (χ0) is 9.84. The van der Waals surface area contributed by atoms with Gasteiger partial charge < -0.3 is 5.11 Å². The molecule has 13 heavy (non-hydrogen) atoms. The topological polar surface area (TPSA) is 61.1 Å². The van der Waals surface area contributed by atoms with E-state index in [2.05, 4.69) is 13.0 Å². The molecule has 0 heterocycles. The van der Waals surface area contributed by atoms with E-state index in [1.165, 1.54) is 0 Å². The van der Waals surface area contributed by atoms with Crippen LogP contribution in [0.25, 0.3) is 0 Å². The second kappa shape index (κ2) is 4.27. The molecular formula is C10H15NO2. The molecule has 0 aliphatic heterocycles. The molecule has 1 fully saturated rings. The first-order chi connectivity index (χ1) is 6.19. The van der Waals surface area contributed by atoms with Gasteiger partial charge in [0.15, 0.2) is 0 Å². The molecule has 1 aliphatic carbocycles. The van der Waals surface area contributed by atoms with Gasteiger partial charge in [-0.25, -0.2) is 0 Å². The Hall–Kier alpha value is -1.04. The Balaban J connectivity index is 2.61. The number of carbonyl (C=O) groups is 1. The minimum absolute atomic E-state index is 0.267. The molecule has 1 saturated carbocycles. The van der Waals surface area contributed by atoms with Crippen LogP contribution >= 0.6 is 0 Å². The molecule has 1 rings (SSSR count). The molecule has 72 valence electrons. The van der Waals surface area contributed by atoms with Crippen molar-refractivity contribution in [1.82, 2.24) is 0 Å². The zero-order valence-electron chi connectivity index (χ0n) is 7.86. The van der Waals surface area contributed by atoms with Crippen LogP contribution in [-0.4, -0.2) is 11.1 Å². The van der Waals surface area contributed by atoms with Crippen molar-refractivity contribution in [1.29, 1.82) is 5.26 Å². The molecule has 0 amide bonds. The summed E-state index contributed by atoms with van der Waals surface area (Å²) in [5.41, 5.74) is 0. The Morgan fingerprint density at radius 3 is 2.77 bits per heavy atom. The normalized spacial score (nSPS) is 33.7. The first kappa shape index (κ1) is 10.0. The van der Waals surface area contributed by atoms with Crippen molar-refractivity contribution in [2.45, 2.75) is 32.6 Å². The number of nitrogens with zero attached hydrogens (tertiary/aromatic N) is 1. The molecule has 0 radical (unpaired) electrons. The van der Waals surface area contributed by atoms with Crippen LogP contribution in [-0.2, 0) is 4.79 Å². The highest BCUT2D eigenvalue weighted by molar-refractivity contribution is 5.71. The van der Waals surface area contributed by atoms with Gasteiger partial charge in [0.05, 0.1) is 17.9 Å². The molecule has 1 N–H and O–H groups in total. The quantitative estimate of drug-likeness (QED) is 0.709. The van der Waals surface area contributed by atoms with Gasteiger partial charge in [-0.05, 0) is 25.2 Å². The second-order valence-corrected chi connectivity index (χ2v) is 3.77. The van der Waals surface area contributed by atoms with Crippen molar-refractivity contribution in [3.8, 4) is 6.07 Å². The molecule has 0 bridgehead atoms. The third-order valence-electron chi connectivity index (χ3n) is 3.02. The second-order valence-electron chi connectivity index (χ2n) is 3.77. The first-order valence-electron chi connectivity index (χ1n) is 4.81. The molecule has 0 aromatic rings. The third-order valence-corrected chi connectivity index (χ3v) is 3.02. The number of carboxylic acids is 1. The Bertz CT molecular complexity index is 232. The van der Waals surface area contributed by atoms with Gasteiger partial charge in [-0.1, -0.05) is 13.3 Å². The monoisotopic (exact) mass is 181 g/mol. The van der Waals surface area contributed by atoms with Crippen LogP contribution in [0.4, 0.5) is 0 Å². The summed E-state index contributed by atoms with van der Waals surface area (Å²) in [6.07, 6.45) is 3.46. The molecule has 0 spiro atoms. The molecule has 3 nitrogen and oxygen atoms in total. The van der Waals surface area contributed by atoms with E-state index >= 15 is 0 Å². The van der Waals surface area contributed by atoms with E-state index < -0.39 is 11.9 Å². The number of nitriles is 1. The summed E-state index contributed by atoms with van der Waals surface area (Å²) < 4.78 is 0. The first-order valence-corrected chi connectivity index (χ1v) is 4.81. The lowest BCUT2D eigenvalue weighted by atomic mass is 9.74. The van der Waals surface area contributed by atoms with Gasteiger partial charge in [0.2, 0.25) is 0 Å². The fourth-order valence-electron chi connectivity index (χ4n) is 2.07. The van der Waals surface area contributed by atoms with Crippen molar-refractivity contribution in [3.63, 3.8) is 0 Å². The predicted octanol–water partition coefficient (Wildman–Crippen LogP) is 2.04. The maximum absolute atomic E-state index is 10.8. The van der Waals surface area contributed by atoms with Crippen LogP contribution in [0.2, 0.25) is 0 Å². The average Bonchev–Trinajstić information content (AvgIpc) is 2.16. The van der Waals surface area contributed by atoms with Crippen molar-refractivity contribution in [2.24, 2.45) is 17.8 Å². The summed E-state index contributed by atoms with van der Waals surface area (Å²) in [4.78, 5) is 10.8. The smallest absolute Gasteiger partial charge is 0.307 e. The van der Waals surface area contributed by atoms with Gasteiger partial charge in [-0.15, -0.1) is 0 Å². The number of rotatable bonds is 2. The van der Waals surface area contributed by atoms with Crippen LogP contribution in [0, 0.1) is 29.1 Å². The Morgan fingerprint density at radius 1 is 1.62 bits per heavy atom. The van der Waals surface area contributed by atoms with E-state index in [0.29, 0.717) is 12.3 Å². The summed E-state index contributed by atoms with van der Waals surface area (Å²) in [6, 6.07) is 2.12. The average molecular weight is 181 g/mol. The van der Waals surface area contributed by atoms with E-state index in [0.717, 1.165) is 19.3 Å². The molecule has 3 unspecified atom stereocenters. The van der Waals surface area contributed by atoms with Gasteiger partial charge in [0, 0.05) is 0 Å². The van der Waals surface area contributed by atoms with Crippen LogP contribution in [0.15, 0.2) is 0 Å².